The van der Waals surface area contributed by atoms with Crippen LogP contribution in [0.3, 0.4) is 0 Å². The third-order valence-electron chi connectivity index (χ3n) is 3.81. The number of rotatable bonds is 5. The van der Waals surface area contributed by atoms with Crippen LogP contribution in [0, 0.1) is 13.8 Å². The molecule has 0 bridgehead atoms. The Labute approximate surface area is 109 Å². The van der Waals surface area contributed by atoms with E-state index in [4.69, 9.17) is 4.74 Å². The quantitative estimate of drug-likeness (QED) is 0.847. The lowest BCUT2D eigenvalue weighted by Crippen LogP contribution is -2.35. The van der Waals surface area contributed by atoms with E-state index in [1.165, 1.54) is 0 Å². The molecule has 0 heterocycles. The predicted molar refractivity (Wildman–Crippen MR) is 73.0 cm³/mol. The lowest BCUT2D eigenvalue weighted by Gasteiger charge is -2.32. The largest absolute Gasteiger partial charge is 0.496 e. The Morgan fingerprint density at radius 3 is 2.17 bits per heavy atom. The van der Waals surface area contributed by atoms with E-state index in [0.717, 1.165) is 22.4 Å². The van der Waals surface area contributed by atoms with E-state index in [1.54, 1.807) is 7.11 Å². The summed E-state index contributed by atoms with van der Waals surface area (Å²) in [5.74, 6) is 0.806. The summed E-state index contributed by atoms with van der Waals surface area (Å²) >= 11 is 0. The highest BCUT2D eigenvalue weighted by atomic mass is 16.5. The van der Waals surface area contributed by atoms with Crippen LogP contribution in [0.1, 0.15) is 49.5 Å². The number of ether oxygens (including phenoxy) is 1. The number of aliphatic hydroxyl groups is 2. The standard InChI is InChI=1S/C15H24O3/c1-6-15(17,7-2)14(16)12-8-11(4)13(18-5)9-10(12)3/h8-9,14,16-17H,6-7H2,1-5H3. The molecule has 1 aromatic rings. The minimum Gasteiger partial charge on any atom is -0.496 e. The molecule has 1 aromatic carbocycles. The van der Waals surface area contributed by atoms with Crippen molar-refractivity contribution in [1.82, 2.24) is 0 Å². The fraction of sp³-hybridized carbons (Fsp3) is 0.600. The molecule has 18 heavy (non-hydrogen) atoms. The summed E-state index contributed by atoms with van der Waals surface area (Å²) in [6.45, 7) is 7.63. The van der Waals surface area contributed by atoms with Gasteiger partial charge in [-0.3, -0.25) is 0 Å². The van der Waals surface area contributed by atoms with Gasteiger partial charge in [0.15, 0.2) is 0 Å². The molecular weight excluding hydrogens is 228 g/mol. The fourth-order valence-corrected chi connectivity index (χ4v) is 2.25. The summed E-state index contributed by atoms with van der Waals surface area (Å²) in [4.78, 5) is 0. The van der Waals surface area contributed by atoms with Gasteiger partial charge in [-0.15, -0.1) is 0 Å². The SMILES string of the molecule is CCC(O)(CC)C(O)c1cc(C)c(OC)cc1C. The molecule has 102 valence electrons. The monoisotopic (exact) mass is 252 g/mol. The second-order valence-corrected chi connectivity index (χ2v) is 4.89. The van der Waals surface area contributed by atoms with Crippen LogP contribution in [0.15, 0.2) is 12.1 Å². The van der Waals surface area contributed by atoms with E-state index in [0.29, 0.717) is 12.8 Å². The first-order chi connectivity index (χ1) is 8.39. The zero-order valence-corrected chi connectivity index (χ0v) is 11.9. The predicted octanol–water partition coefficient (Wildman–Crippen LogP) is 2.90. The third kappa shape index (κ3) is 2.68. The smallest absolute Gasteiger partial charge is 0.122 e. The van der Waals surface area contributed by atoms with Gasteiger partial charge >= 0.3 is 0 Å². The maximum Gasteiger partial charge on any atom is 0.122 e. The second-order valence-electron chi connectivity index (χ2n) is 4.89. The van der Waals surface area contributed by atoms with Crippen LogP contribution >= 0.6 is 0 Å². The molecule has 0 spiro atoms. The van der Waals surface area contributed by atoms with Gasteiger partial charge in [-0.1, -0.05) is 13.8 Å². The molecule has 0 radical (unpaired) electrons. The first-order valence-electron chi connectivity index (χ1n) is 6.45. The molecule has 0 fully saturated rings. The molecule has 0 saturated heterocycles. The third-order valence-corrected chi connectivity index (χ3v) is 3.81. The zero-order chi connectivity index (χ0) is 13.9. The summed E-state index contributed by atoms with van der Waals surface area (Å²) < 4.78 is 5.25. The van der Waals surface area contributed by atoms with Crippen molar-refractivity contribution in [3.63, 3.8) is 0 Å². The Kier molecular flexibility index (Phi) is 4.77. The van der Waals surface area contributed by atoms with Crippen LogP contribution in [-0.4, -0.2) is 22.9 Å². The van der Waals surface area contributed by atoms with E-state index in [9.17, 15) is 10.2 Å². The van der Waals surface area contributed by atoms with Crippen molar-refractivity contribution in [2.45, 2.75) is 52.2 Å². The maximum atomic E-state index is 10.4. The molecule has 1 unspecified atom stereocenters. The molecule has 0 aliphatic rings. The van der Waals surface area contributed by atoms with Crippen molar-refractivity contribution in [2.75, 3.05) is 7.11 Å². The van der Waals surface area contributed by atoms with Gasteiger partial charge in [-0.2, -0.15) is 0 Å². The molecule has 1 atom stereocenters. The van der Waals surface area contributed by atoms with Crippen LogP contribution in [-0.2, 0) is 0 Å². The van der Waals surface area contributed by atoms with E-state index in [1.807, 2.05) is 39.8 Å². The summed E-state index contributed by atoms with van der Waals surface area (Å²) in [6.07, 6.45) is 0.182. The molecule has 3 heteroatoms. The second kappa shape index (κ2) is 5.72. The number of aliphatic hydroxyl groups excluding tert-OH is 1. The van der Waals surface area contributed by atoms with Gasteiger partial charge in [0.1, 0.15) is 11.9 Å². The normalized spacial score (nSPS) is 13.5. The summed E-state index contributed by atoms with van der Waals surface area (Å²) in [5.41, 5.74) is 1.61. The van der Waals surface area contributed by atoms with Crippen molar-refractivity contribution in [2.24, 2.45) is 0 Å². The van der Waals surface area contributed by atoms with E-state index in [2.05, 4.69) is 0 Å². The molecule has 2 N–H and O–H groups in total. The van der Waals surface area contributed by atoms with Crippen molar-refractivity contribution in [3.8, 4) is 5.75 Å². The number of methoxy groups -OCH3 is 1. The Bertz CT molecular complexity index is 408. The molecular formula is C15H24O3. The van der Waals surface area contributed by atoms with Crippen LogP contribution < -0.4 is 4.74 Å². The topological polar surface area (TPSA) is 49.7 Å². The van der Waals surface area contributed by atoms with E-state index >= 15 is 0 Å². The van der Waals surface area contributed by atoms with E-state index in [-0.39, 0.29) is 0 Å². The summed E-state index contributed by atoms with van der Waals surface area (Å²) in [7, 11) is 1.63. The number of aryl methyl sites for hydroxylation is 2. The molecule has 0 aliphatic carbocycles. The fourth-order valence-electron chi connectivity index (χ4n) is 2.25. The van der Waals surface area contributed by atoms with Crippen LogP contribution in [0.25, 0.3) is 0 Å². The molecule has 0 aromatic heterocycles. The van der Waals surface area contributed by atoms with E-state index < -0.39 is 11.7 Å². The summed E-state index contributed by atoms with van der Waals surface area (Å²) in [5, 5.41) is 20.8. The molecule has 0 saturated carbocycles. The highest BCUT2D eigenvalue weighted by Gasteiger charge is 2.34. The highest BCUT2D eigenvalue weighted by Crippen LogP contribution is 2.35. The van der Waals surface area contributed by atoms with Crippen molar-refractivity contribution in [3.05, 3.63) is 28.8 Å². The van der Waals surface area contributed by atoms with Gasteiger partial charge in [-0.25, -0.2) is 0 Å². The first kappa shape index (κ1) is 15.0. The Balaban J connectivity index is 3.21. The van der Waals surface area contributed by atoms with Gasteiger partial charge in [0.05, 0.1) is 12.7 Å². The zero-order valence-electron chi connectivity index (χ0n) is 11.9. The number of hydrogen-bond donors (Lipinski definition) is 2. The average Bonchev–Trinajstić information content (AvgIpc) is 2.39. The van der Waals surface area contributed by atoms with Crippen LogP contribution in [0.5, 0.6) is 5.75 Å². The van der Waals surface area contributed by atoms with Gasteiger partial charge in [0.25, 0.3) is 0 Å². The Morgan fingerprint density at radius 2 is 1.72 bits per heavy atom. The van der Waals surface area contributed by atoms with Crippen molar-refractivity contribution >= 4 is 0 Å². The minimum atomic E-state index is -1.06. The Morgan fingerprint density at radius 1 is 1.17 bits per heavy atom. The first-order valence-corrected chi connectivity index (χ1v) is 6.45. The van der Waals surface area contributed by atoms with Gasteiger partial charge in [-0.05, 0) is 55.5 Å². The average molecular weight is 252 g/mol. The van der Waals surface area contributed by atoms with Gasteiger partial charge in [0.2, 0.25) is 0 Å². The Hall–Kier alpha value is -1.06. The van der Waals surface area contributed by atoms with Gasteiger partial charge in [0, 0.05) is 0 Å². The molecule has 0 amide bonds. The maximum absolute atomic E-state index is 10.4. The molecule has 1 rings (SSSR count). The lowest BCUT2D eigenvalue weighted by molar-refractivity contribution is -0.0823. The highest BCUT2D eigenvalue weighted by molar-refractivity contribution is 5.43. The van der Waals surface area contributed by atoms with Gasteiger partial charge < -0.3 is 14.9 Å². The number of benzene rings is 1. The molecule has 0 aliphatic heterocycles. The molecule has 3 nitrogen and oxygen atoms in total. The minimum absolute atomic E-state index is 0.523. The summed E-state index contributed by atoms with van der Waals surface area (Å²) in [6, 6.07) is 3.80. The lowest BCUT2D eigenvalue weighted by atomic mass is 9.84. The van der Waals surface area contributed by atoms with Crippen LogP contribution in [0.4, 0.5) is 0 Å². The van der Waals surface area contributed by atoms with Crippen molar-refractivity contribution < 1.29 is 14.9 Å². The van der Waals surface area contributed by atoms with Crippen LogP contribution in [0.2, 0.25) is 0 Å². The van der Waals surface area contributed by atoms with Crippen molar-refractivity contribution in [1.29, 1.82) is 0 Å². The number of hydrogen-bond acceptors (Lipinski definition) is 3.